The Labute approximate surface area is 84.2 Å². The number of aryl methyl sites for hydroxylation is 1. The van der Waals surface area contributed by atoms with Gasteiger partial charge in [0.15, 0.2) is 0 Å². The standard InChI is InChI=1S/C10H13NO2S/c1-8-2-3-9-4-5-11-14(12,13)7-10(9)6-8/h2-3,6,11H,4-5,7H2,1H3. The topological polar surface area (TPSA) is 46.2 Å². The molecule has 3 nitrogen and oxygen atoms in total. The van der Waals surface area contributed by atoms with Crippen molar-refractivity contribution in [3.8, 4) is 0 Å². The van der Waals surface area contributed by atoms with Gasteiger partial charge in [-0.15, -0.1) is 0 Å². The molecule has 0 spiro atoms. The van der Waals surface area contributed by atoms with Crippen LogP contribution in [0.25, 0.3) is 0 Å². The Balaban J connectivity index is 2.48. The van der Waals surface area contributed by atoms with E-state index in [-0.39, 0.29) is 5.75 Å². The summed E-state index contributed by atoms with van der Waals surface area (Å²) in [4.78, 5) is 0. The molecule has 0 atom stereocenters. The lowest BCUT2D eigenvalue weighted by Crippen LogP contribution is -2.24. The molecule has 0 fully saturated rings. The van der Waals surface area contributed by atoms with Crippen molar-refractivity contribution >= 4 is 10.0 Å². The zero-order chi connectivity index (χ0) is 10.2. The molecule has 0 amide bonds. The van der Waals surface area contributed by atoms with Gasteiger partial charge in [-0.05, 0) is 24.5 Å². The van der Waals surface area contributed by atoms with Crippen molar-refractivity contribution in [2.24, 2.45) is 0 Å². The van der Waals surface area contributed by atoms with Crippen molar-refractivity contribution in [3.05, 3.63) is 34.9 Å². The lowest BCUT2D eigenvalue weighted by molar-refractivity contribution is 0.583. The molecule has 0 radical (unpaired) electrons. The van der Waals surface area contributed by atoms with Crippen molar-refractivity contribution in [2.75, 3.05) is 6.54 Å². The molecule has 4 heteroatoms. The molecule has 14 heavy (non-hydrogen) atoms. The molecular weight excluding hydrogens is 198 g/mol. The molecule has 1 aromatic carbocycles. The van der Waals surface area contributed by atoms with Crippen LogP contribution in [-0.2, 0) is 22.2 Å². The Hall–Kier alpha value is -0.870. The van der Waals surface area contributed by atoms with Crippen molar-refractivity contribution in [2.45, 2.75) is 19.1 Å². The minimum atomic E-state index is -3.10. The summed E-state index contributed by atoms with van der Waals surface area (Å²) in [5.74, 6) is 0.115. The monoisotopic (exact) mass is 211 g/mol. The third-order valence-corrected chi connectivity index (χ3v) is 3.76. The van der Waals surface area contributed by atoms with Crippen molar-refractivity contribution in [1.82, 2.24) is 4.72 Å². The summed E-state index contributed by atoms with van der Waals surface area (Å²) in [5, 5.41) is 0. The SMILES string of the molecule is Cc1ccc2c(c1)CS(=O)(=O)NCC2. The zero-order valence-electron chi connectivity index (χ0n) is 8.08. The van der Waals surface area contributed by atoms with E-state index in [4.69, 9.17) is 0 Å². The average molecular weight is 211 g/mol. The van der Waals surface area contributed by atoms with Crippen LogP contribution in [0.4, 0.5) is 0 Å². The highest BCUT2D eigenvalue weighted by atomic mass is 32.2. The predicted molar refractivity (Wildman–Crippen MR) is 55.5 cm³/mol. The van der Waals surface area contributed by atoms with Gasteiger partial charge in [0, 0.05) is 6.54 Å². The van der Waals surface area contributed by atoms with E-state index in [1.807, 2.05) is 25.1 Å². The molecule has 1 aliphatic heterocycles. The summed E-state index contributed by atoms with van der Waals surface area (Å²) < 4.78 is 25.4. The van der Waals surface area contributed by atoms with Crippen LogP contribution in [0.2, 0.25) is 0 Å². The fourth-order valence-corrected chi connectivity index (χ4v) is 2.92. The molecule has 0 aromatic heterocycles. The van der Waals surface area contributed by atoms with Crippen molar-refractivity contribution in [1.29, 1.82) is 0 Å². The third kappa shape index (κ3) is 1.96. The van der Waals surface area contributed by atoms with Crippen LogP contribution in [0.5, 0.6) is 0 Å². The maximum absolute atomic E-state index is 11.4. The fourth-order valence-electron chi connectivity index (χ4n) is 1.73. The van der Waals surface area contributed by atoms with E-state index in [9.17, 15) is 8.42 Å². The molecule has 0 bridgehead atoms. The second-order valence-corrected chi connectivity index (χ2v) is 5.48. The average Bonchev–Trinajstić information content (AvgIpc) is 2.21. The normalized spacial score (nSPS) is 19.8. The van der Waals surface area contributed by atoms with Crippen LogP contribution >= 0.6 is 0 Å². The summed E-state index contributed by atoms with van der Waals surface area (Å²) in [5.41, 5.74) is 3.19. The molecular formula is C10H13NO2S. The first-order chi connectivity index (χ1) is 6.57. The molecule has 76 valence electrons. The number of nitrogens with one attached hydrogen (secondary N) is 1. The van der Waals surface area contributed by atoms with Gasteiger partial charge in [-0.25, -0.2) is 13.1 Å². The van der Waals surface area contributed by atoms with Crippen LogP contribution in [-0.4, -0.2) is 15.0 Å². The van der Waals surface area contributed by atoms with Crippen LogP contribution in [0.1, 0.15) is 16.7 Å². The Morgan fingerprint density at radius 2 is 2.07 bits per heavy atom. The lowest BCUT2D eigenvalue weighted by atomic mass is 10.0. The first-order valence-corrected chi connectivity index (χ1v) is 6.28. The molecule has 1 aromatic rings. The summed E-state index contributed by atoms with van der Waals surface area (Å²) in [7, 11) is -3.10. The number of hydrogen-bond donors (Lipinski definition) is 1. The van der Waals surface area contributed by atoms with Gasteiger partial charge >= 0.3 is 0 Å². The summed E-state index contributed by atoms with van der Waals surface area (Å²) >= 11 is 0. The quantitative estimate of drug-likeness (QED) is 0.695. The molecule has 1 N–H and O–H groups in total. The van der Waals surface area contributed by atoms with E-state index < -0.39 is 10.0 Å². The lowest BCUT2D eigenvalue weighted by Gasteiger charge is -2.04. The third-order valence-electron chi connectivity index (χ3n) is 2.42. The van der Waals surface area contributed by atoms with Gasteiger partial charge in [0.1, 0.15) is 0 Å². The first-order valence-electron chi connectivity index (χ1n) is 4.62. The molecule has 0 aliphatic carbocycles. The Kier molecular flexibility index (Phi) is 2.33. The van der Waals surface area contributed by atoms with E-state index in [1.54, 1.807) is 0 Å². The molecule has 1 heterocycles. The van der Waals surface area contributed by atoms with Crippen LogP contribution in [0, 0.1) is 6.92 Å². The Morgan fingerprint density at radius 3 is 2.86 bits per heavy atom. The molecule has 1 aliphatic rings. The number of benzene rings is 1. The van der Waals surface area contributed by atoms with Gasteiger partial charge in [0.05, 0.1) is 5.75 Å². The largest absolute Gasteiger partial charge is 0.215 e. The van der Waals surface area contributed by atoms with E-state index in [0.29, 0.717) is 6.54 Å². The van der Waals surface area contributed by atoms with Crippen molar-refractivity contribution in [3.63, 3.8) is 0 Å². The second kappa shape index (κ2) is 3.37. The number of rotatable bonds is 0. The first kappa shape index (κ1) is 9.68. The van der Waals surface area contributed by atoms with Crippen LogP contribution < -0.4 is 4.72 Å². The van der Waals surface area contributed by atoms with Gasteiger partial charge in [-0.1, -0.05) is 23.8 Å². The molecule has 2 rings (SSSR count). The highest BCUT2D eigenvalue weighted by Crippen LogP contribution is 2.17. The maximum Gasteiger partial charge on any atom is 0.215 e. The second-order valence-electron chi connectivity index (χ2n) is 3.68. The molecule has 0 unspecified atom stereocenters. The van der Waals surface area contributed by atoms with E-state index in [2.05, 4.69) is 4.72 Å². The summed E-state index contributed by atoms with van der Waals surface area (Å²) in [6, 6.07) is 6.00. The minimum absolute atomic E-state index is 0.115. The highest BCUT2D eigenvalue weighted by Gasteiger charge is 2.17. The van der Waals surface area contributed by atoms with Gasteiger partial charge in [-0.3, -0.25) is 0 Å². The van der Waals surface area contributed by atoms with Gasteiger partial charge < -0.3 is 0 Å². The van der Waals surface area contributed by atoms with Crippen LogP contribution in [0.3, 0.4) is 0 Å². The summed E-state index contributed by atoms with van der Waals surface area (Å²) in [6.07, 6.45) is 0.787. The van der Waals surface area contributed by atoms with Gasteiger partial charge in [0.25, 0.3) is 0 Å². The minimum Gasteiger partial charge on any atom is -0.215 e. The number of sulfonamides is 1. The smallest absolute Gasteiger partial charge is 0.215 e. The maximum atomic E-state index is 11.4. The summed E-state index contributed by atoms with van der Waals surface area (Å²) in [6.45, 7) is 2.49. The fraction of sp³-hybridized carbons (Fsp3) is 0.400. The molecule has 0 saturated carbocycles. The van der Waals surface area contributed by atoms with E-state index in [0.717, 1.165) is 23.1 Å². The number of hydrogen-bond acceptors (Lipinski definition) is 2. The van der Waals surface area contributed by atoms with Crippen molar-refractivity contribution < 1.29 is 8.42 Å². The highest BCUT2D eigenvalue weighted by molar-refractivity contribution is 7.88. The van der Waals surface area contributed by atoms with Gasteiger partial charge in [0.2, 0.25) is 10.0 Å². The Morgan fingerprint density at radius 1 is 1.29 bits per heavy atom. The van der Waals surface area contributed by atoms with Gasteiger partial charge in [-0.2, -0.15) is 0 Å². The molecule has 0 saturated heterocycles. The number of fused-ring (bicyclic) bond motifs is 1. The van der Waals surface area contributed by atoms with Crippen LogP contribution in [0.15, 0.2) is 18.2 Å². The Bertz CT molecular complexity index is 451. The van der Waals surface area contributed by atoms with E-state index >= 15 is 0 Å². The zero-order valence-corrected chi connectivity index (χ0v) is 8.89. The predicted octanol–water partition coefficient (Wildman–Crippen LogP) is 0.971. The van der Waals surface area contributed by atoms with E-state index in [1.165, 1.54) is 0 Å².